The highest BCUT2D eigenvalue weighted by atomic mass is 16.5. The van der Waals surface area contributed by atoms with Crippen LogP contribution in [0.3, 0.4) is 0 Å². The van der Waals surface area contributed by atoms with Crippen molar-refractivity contribution in [2.24, 2.45) is 0 Å². The number of carbonyl (C=O) groups is 1. The SMILES string of the molecule is COC(C)(C)CCOC(C)(C)CNC(=O)C(O)CCO. The largest absolute Gasteiger partial charge is 0.396 e. The summed E-state index contributed by atoms with van der Waals surface area (Å²) in [5, 5.41) is 20.7. The summed E-state index contributed by atoms with van der Waals surface area (Å²) in [7, 11) is 1.66. The van der Waals surface area contributed by atoms with Crippen LogP contribution in [0.15, 0.2) is 0 Å². The van der Waals surface area contributed by atoms with Gasteiger partial charge in [-0.05, 0) is 34.1 Å². The second-order valence-electron chi connectivity index (χ2n) is 6.07. The van der Waals surface area contributed by atoms with Crippen LogP contribution in [0.4, 0.5) is 0 Å². The first-order chi connectivity index (χ1) is 9.13. The van der Waals surface area contributed by atoms with Gasteiger partial charge in [0.25, 0.3) is 0 Å². The number of carbonyl (C=O) groups excluding carboxylic acids is 1. The first-order valence-corrected chi connectivity index (χ1v) is 6.89. The summed E-state index contributed by atoms with van der Waals surface area (Å²) in [6.45, 7) is 8.29. The average molecular weight is 291 g/mol. The molecule has 0 aliphatic carbocycles. The Morgan fingerprint density at radius 1 is 1.25 bits per heavy atom. The number of aliphatic hydroxyl groups is 2. The first-order valence-electron chi connectivity index (χ1n) is 6.89. The van der Waals surface area contributed by atoms with Crippen molar-refractivity contribution in [2.75, 3.05) is 26.9 Å². The predicted molar refractivity (Wildman–Crippen MR) is 76.5 cm³/mol. The molecule has 0 aliphatic rings. The zero-order valence-electron chi connectivity index (χ0n) is 13.2. The molecule has 1 atom stereocenters. The minimum absolute atomic E-state index is 0.0369. The van der Waals surface area contributed by atoms with Gasteiger partial charge in [0.1, 0.15) is 6.10 Å². The minimum atomic E-state index is -1.18. The van der Waals surface area contributed by atoms with Crippen LogP contribution in [0.5, 0.6) is 0 Å². The third kappa shape index (κ3) is 8.47. The van der Waals surface area contributed by atoms with E-state index >= 15 is 0 Å². The van der Waals surface area contributed by atoms with E-state index in [1.165, 1.54) is 0 Å². The lowest BCUT2D eigenvalue weighted by molar-refractivity contribution is -0.132. The fraction of sp³-hybridized carbons (Fsp3) is 0.929. The van der Waals surface area contributed by atoms with E-state index in [9.17, 15) is 9.90 Å². The molecule has 0 aromatic heterocycles. The minimum Gasteiger partial charge on any atom is -0.396 e. The standard InChI is InChI=1S/C14H29NO5/c1-13(2,19-5)7-9-20-14(3,4)10-15-12(18)11(17)6-8-16/h11,16-17H,6-10H2,1-5H3,(H,15,18). The molecule has 120 valence electrons. The molecular formula is C14H29NO5. The lowest BCUT2D eigenvalue weighted by atomic mass is 10.1. The quantitative estimate of drug-likeness (QED) is 0.544. The van der Waals surface area contributed by atoms with Gasteiger partial charge in [-0.15, -0.1) is 0 Å². The van der Waals surface area contributed by atoms with Crippen molar-refractivity contribution in [1.82, 2.24) is 5.32 Å². The molecule has 0 rings (SSSR count). The Balaban J connectivity index is 4.04. The molecule has 0 spiro atoms. The van der Waals surface area contributed by atoms with Crippen molar-refractivity contribution in [1.29, 1.82) is 0 Å². The molecule has 20 heavy (non-hydrogen) atoms. The molecule has 0 bridgehead atoms. The van der Waals surface area contributed by atoms with Gasteiger partial charge < -0.3 is 25.0 Å². The highest BCUT2D eigenvalue weighted by Crippen LogP contribution is 2.16. The molecule has 6 nitrogen and oxygen atoms in total. The van der Waals surface area contributed by atoms with Crippen LogP contribution in [0.25, 0.3) is 0 Å². The Hall–Kier alpha value is -0.690. The number of hydrogen-bond acceptors (Lipinski definition) is 5. The van der Waals surface area contributed by atoms with E-state index in [4.69, 9.17) is 14.6 Å². The fourth-order valence-corrected chi connectivity index (χ4v) is 1.40. The van der Waals surface area contributed by atoms with E-state index in [0.29, 0.717) is 13.2 Å². The lowest BCUT2D eigenvalue weighted by Gasteiger charge is -2.29. The van der Waals surface area contributed by atoms with Gasteiger partial charge >= 0.3 is 0 Å². The summed E-state index contributed by atoms with van der Waals surface area (Å²) in [5.41, 5.74) is -0.769. The Morgan fingerprint density at radius 3 is 2.35 bits per heavy atom. The van der Waals surface area contributed by atoms with Gasteiger partial charge in [0.15, 0.2) is 0 Å². The fourth-order valence-electron chi connectivity index (χ4n) is 1.40. The normalized spacial score (nSPS) is 14.2. The number of methoxy groups -OCH3 is 1. The highest BCUT2D eigenvalue weighted by Gasteiger charge is 2.24. The molecule has 1 unspecified atom stereocenters. The maximum Gasteiger partial charge on any atom is 0.249 e. The van der Waals surface area contributed by atoms with Gasteiger partial charge in [-0.25, -0.2) is 0 Å². The number of rotatable bonds is 10. The van der Waals surface area contributed by atoms with Gasteiger partial charge in [-0.3, -0.25) is 4.79 Å². The van der Waals surface area contributed by atoms with Crippen LogP contribution in [-0.4, -0.2) is 60.3 Å². The van der Waals surface area contributed by atoms with Gasteiger partial charge in [0, 0.05) is 26.7 Å². The van der Waals surface area contributed by atoms with Crippen molar-refractivity contribution in [3.63, 3.8) is 0 Å². The van der Waals surface area contributed by atoms with E-state index in [1.54, 1.807) is 7.11 Å². The summed E-state index contributed by atoms with van der Waals surface area (Å²) >= 11 is 0. The number of amides is 1. The molecule has 3 N–H and O–H groups in total. The van der Waals surface area contributed by atoms with Crippen LogP contribution in [0.2, 0.25) is 0 Å². The molecular weight excluding hydrogens is 262 g/mol. The third-order valence-electron chi connectivity index (χ3n) is 3.14. The van der Waals surface area contributed by atoms with Crippen LogP contribution >= 0.6 is 0 Å². The first kappa shape index (κ1) is 19.3. The van der Waals surface area contributed by atoms with Gasteiger partial charge in [-0.2, -0.15) is 0 Å². The van der Waals surface area contributed by atoms with E-state index in [1.807, 2.05) is 27.7 Å². The summed E-state index contributed by atoms with van der Waals surface area (Å²) < 4.78 is 11.0. The molecule has 0 aromatic carbocycles. The number of hydrogen-bond donors (Lipinski definition) is 3. The van der Waals surface area contributed by atoms with E-state index in [0.717, 1.165) is 6.42 Å². The molecule has 0 saturated heterocycles. The van der Waals surface area contributed by atoms with Gasteiger partial charge in [0.2, 0.25) is 5.91 Å². The smallest absolute Gasteiger partial charge is 0.249 e. The molecule has 6 heteroatoms. The highest BCUT2D eigenvalue weighted by molar-refractivity contribution is 5.80. The molecule has 1 amide bonds. The van der Waals surface area contributed by atoms with E-state index in [2.05, 4.69) is 5.32 Å². The van der Waals surface area contributed by atoms with Crippen LogP contribution in [0.1, 0.15) is 40.5 Å². The van der Waals surface area contributed by atoms with E-state index in [-0.39, 0.29) is 18.6 Å². The van der Waals surface area contributed by atoms with Crippen molar-refractivity contribution in [3.8, 4) is 0 Å². The molecule has 0 saturated carbocycles. The third-order valence-corrected chi connectivity index (χ3v) is 3.14. The molecule has 0 fully saturated rings. The Morgan fingerprint density at radius 2 is 1.85 bits per heavy atom. The number of aliphatic hydroxyl groups excluding tert-OH is 2. The van der Waals surface area contributed by atoms with E-state index < -0.39 is 17.6 Å². The van der Waals surface area contributed by atoms with Crippen molar-refractivity contribution >= 4 is 5.91 Å². The number of nitrogens with one attached hydrogen (secondary N) is 1. The second-order valence-corrected chi connectivity index (χ2v) is 6.07. The van der Waals surface area contributed by atoms with Gasteiger partial charge in [0.05, 0.1) is 17.8 Å². The predicted octanol–water partition coefficient (Wildman–Crippen LogP) is 0.456. The average Bonchev–Trinajstić information content (AvgIpc) is 2.36. The monoisotopic (exact) mass is 291 g/mol. The van der Waals surface area contributed by atoms with Crippen LogP contribution in [0, 0.1) is 0 Å². The maximum atomic E-state index is 11.5. The topological polar surface area (TPSA) is 88.0 Å². The van der Waals surface area contributed by atoms with Crippen LogP contribution < -0.4 is 5.32 Å². The lowest BCUT2D eigenvalue weighted by Crippen LogP contribution is -2.45. The van der Waals surface area contributed by atoms with Gasteiger partial charge in [-0.1, -0.05) is 0 Å². The van der Waals surface area contributed by atoms with Crippen molar-refractivity contribution in [2.45, 2.75) is 57.8 Å². The Labute approximate surface area is 121 Å². The van der Waals surface area contributed by atoms with Crippen LogP contribution in [-0.2, 0) is 14.3 Å². The van der Waals surface area contributed by atoms with Crippen molar-refractivity contribution < 1.29 is 24.5 Å². The summed E-state index contributed by atoms with van der Waals surface area (Å²) in [4.78, 5) is 11.5. The molecule has 0 heterocycles. The summed E-state index contributed by atoms with van der Waals surface area (Å²) in [5.74, 6) is -0.493. The maximum absolute atomic E-state index is 11.5. The number of ether oxygens (including phenoxy) is 2. The molecule has 0 aromatic rings. The zero-order chi connectivity index (χ0) is 15.8. The zero-order valence-corrected chi connectivity index (χ0v) is 13.2. The second kappa shape index (κ2) is 8.56. The Kier molecular flexibility index (Phi) is 8.27. The molecule has 0 radical (unpaired) electrons. The summed E-state index contributed by atoms with van der Waals surface area (Å²) in [6.07, 6.45) is -0.397. The van der Waals surface area contributed by atoms with Crippen molar-refractivity contribution in [3.05, 3.63) is 0 Å². The molecule has 0 aliphatic heterocycles. The summed E-state index contributed by atoms with van der Waals surface area (Å²) in [6, 6.07) is 0. The Bertz CT molecular complexity index is 291.